The molecule has 2 heterocycles. The predicted molar refractivity (Wildman–Crippen MR) is 88.0 cm³/mol. The van der Waals surface area contributed by atoms with Crippen LogP contribution in [-0.2, 0) is 22.6 Å². The zero-order chi connectivity index (χ0) is 15.7. The van der Waals surface area contributed by atoms with Gasteiger partial charge in [0.25, 0.3) is 0 Å². The van der Waals surface area contributed by atoms with E-state index in [4.69, 9.17) is 11.6 Å². The largest absolute Gasteiger partial charge is 0.309 e. The molecule has 1 saturated heterocycles. The van der Waals surface area contributed by atoms with E-state index in [1.807, 2.05) is 35.9 Å². The van der Waals surface area contributed by atoms with Crippen LogP contribution in [0.3, 0.4) is 0 Å². The number of thioether (sulfide) groups is 1. The van der Waals surface area contributed by atoms with Gasteiger partial charge in [-0.3, -0.25) is 0 Å². The van der Waals surface area contributed by atoms with Gasteiger partial charge in [-0.15, -0.1) is 10.2 Å². The third-order valence-electron chi connectivity index (χ3n) is 3.78. The van der Waals surface area contributed by atoms with E-state index >= 15 is 0 Å². The van der Waals surface area contributed by atoms with E-state index in [2.05, 4.69) is 10.2 Å². The normalized spacial score (nSPS) is 20.4. The molecular formula is C14H16ClN3O2S2. The number of benzene rings is 1. The minimum absolute atomic E-state index is 0.0443. The molecule has 1 aromatic heterocycles. The topological polar surface area (TPSA) is 64.8 Å². The minimum Gasteiger partial charge on any atom is -0.309 e. The molecule has 0 amide bonds. The maximum Gasteiger partial charge on any atom is 0.191 e. The van der Waals surface area contributed by atoms with Crippen LogP contribution in [0.25, 0.3) is 0 Å². The molecule has 1 aliphatic heterocycles. The lowest BCUT2D eigenvalue weighted by atomic mass is 10.1. The molecule has 3 rings (SSSR count). The summed E-state index contributed by atoms with van der Waals surface area (Å²) < 4.78 is 25.1. The van der Waals surface area contributed by atoms with E-state index in [-0.39, 0.29) is 17.4 Å². The van der Waals surface area contributed by atoms with Gasteiger partial charge < -0.3 is 4.57 Å². The van der Waals surface area contributed by atoms with Gasteiger partial charge in [-0.1, -0.05) is 41.6 Å². The highest BCUT2D eigenvalue weighted by Gasteiger charge is 2.32. The zero-order valence-corrected chi connectivity index (χ0v) is 14.5. The van der Waals surface area contributed by atoms with Gasteiger partial charge >= 0.3 is 0 Å². The van der Waals surface area contributed by atoms with E-state index in [1.165, 1.54) is 0 Å². The SMILES string of the molecule is Cn1c(SCc2ccccc2Cl)nnc1C1CCS(=O)(=O)C1. The first-order valence-corrected chi connectivity index (χ1v) is 10.1. The van der Waals surface area contributed by atoms with Crippen LogP contribution in [0.5, 0.6) is 0 Å². The summed E-state index contributed by atoms with van der Waals surface area (Å²) in [7, 11) is -1.03. The average molecular weight is 358 g/mol. The summed E-state index contributed by atoms with van der Waals surface area (Å²) in [5.41, 5.74) is 1.04. The molecule has 8 heteroatoms. The lowest BCUT2D eigenvalue weighted by Crippen LogP contribution is -2.09. The molecule has 0 spiro atoms. The highest BCUT2D eigenvalue weighted by Crippen LogP contribution is 2.31. The van der Waals surface area contributed by atoms with E-state index in [9.17, 15) is 8.42 Å². The maximum atomic E-state index is 11.6. The van der Waals surface area contributed by atoms with Crippen LogP contribution in [0.4, 0.5) is 0 Å². The second-order valence-corrected chi connectivity index (χ2v) is 8.96. The van der Waals surface area contributed by atoms with Gasteiger partial charge in [0.15, 0.2) is 15.0 Å². The standard InChI is InChI=1S/C14H16ClN3O2S2/c1-18-13(11-6-7-22(19,20)9-11)16-17-14(18)21-8-10-4-2-3-5-12(10)15/h2-5,11H,6-9H2,1H3. The number of rotatable bonds is 4. The molecule has 0 aliphatic carbocycles. The lowest BCUT2D eigenvalue weighted by molar-refractivity contribution is 0.599. The zero-order valence-electron chi connectivity index (χ0n) is 12.1. The molecule has 1 fully saturated rings. The fraction of sp³-hybridized carbons (Fsp3) is 0.429. The second kappa shape index (κ2) is 6.22. The molecule has 0 N–H and O–H groups in total. The molecule has 1 aromatic carbocycles. The van der Waals surface area contributed by atoms with Crippen LogP contribution in [0, 0.1) is 0 Å². The molecule has 5 nitrogen and oxygen atoms in total. The van der Waals surface area contributed by atoms with Crippen LogP contribution in [0.1, 0.15) is 23.7 Å². The van der Waals surface area contributed by atoms with E-state index < -0.39 is 9.84 Å². The summed E-state index contributed by atoms with van der Waals surface area (Å²) >= 11 is 7.70. The smallest absolute Gasteiger partial charge is 0.191 e. The molecule has 1 atom stereocenters. The van der Waals surface area contributed by atoms with Crippen molar-refractivity contribution in [3.8, 4) is 0 Å². The van der Waals surface area contributed by atoms with Crippen molar-refractivity contribution in [1.29, 1.82) is 0 Å². The minimum atomic E-state index is -2.92. The summed E-state index contributed by atoms with van der Waals surface area (Å²) in [6.45, 7) is 0. The van der Waals surface area contributed by atoms with Gasteiger partial charge in [0.05, 0.1) is 11.5 Å². The molecule has 0 bridgehead atoms. The summed E-state index contributed by atoms with van der Waals surface area (Å²) in [4.78, 5) is 0. The first kappa shape index (κ1) is 15.8. The maximum absolute atomic E-state index is 11.6. The van der Waals surface area contributed by atoms with Gasteiger partial charge in [-0.2, -0.15) is 0 Å². The number of nitrogens with zero attached hydrogens (tertiary/aromatic N) is 3. The Morgan fingerprint density at radius 3 is 2.82 bits per heavy atom. The van der Waals surface area contributed by atoms with Crippen LogP contribution < -0.4 is 0 Å². The number of hydrogen-bond acceptors (Lipinski definition) is 5. The Labute approximate surface area is 139 Å². The van der Waals surface area contributed by atoms with E-state index in [0.717, 1.165) is 21.6 Å². The molecule has 0 radical (unpaired) electrons. The van der Waals surface area contributed by atoms with Crippen molar-refractivity contribution in [2.75, 3.05) is 11.5 Å². The highest BCUT2D eigenvalue weighted by molar-refractivity contribution is 7.98. The molecular weight excluding hydrogens is 342 g/mol. The molecule has 1 unspecified atom stereocenters. The fourth-order valence-corrected chi connectivity index (χ4v) is 5.51. The van der Waals surface area contributed by atoms with Crippen molar-refractivity contribution in [2.24, 2.45) is 7.05 Å². The fourth-order valence-electron chi connectivity index (χ4n) is 2.56. The highest BCUT2D eigenvalue weighted by atomic mass is 35.5. The van der Waals surface area contributed by atoms with Crippen molar-refractivity contribution in [3.05, 3.63) is 40.7 Å². The first-order chi connectivity index (χ1) is 10.5. The molecule has 0 saturated carbocycles. The number of sulfone groups is 1. The van der Waals surface area contributed by atoms with Crippen LogP contribution >= 0.6 is 23.4 Å². The molecule has 118 valence electrons. The van der Waals surface area contributed by atoms with Gasteiger partial charge in [-0.05, 0) is 18.1 Å². The van der Waals surface area contributed by atoms with Crippen LogP contribution in [0.2, 0.25) is 5.02 Å². The Morgan fingerprint density at radius 1 is 1.36 bits per heavy atom. The third kappa shape index (κ3) is 3.31. The van der Waals surface area contributed by atoms with Gasteiger partial charge in [0, 0.05) is 23.7 Å². The van der Waals surface area contributed by atoms with Crippen molar-refractivity contribution in [2.45, 2.75) is 23.2 Å². The van der Waals surface area contributed by atoms with Gasteiger partial charge in [0.1, 0.15) is 5.82 Å². The summed E-state index contributed by atoms with van der Waals surface area (Å²) in [6.07, 6.45) is 0.628. The second-order valence-electron chi connectivity index (χ2n) is 5.38. The quantitative estimate of drug-likeness (QED) is 0.787. The Hall–Kier alpha value is -1.05. The number of aromatic nitrogens is 3. The number of hydrogen-bond donors (Lipinski definition) is 0. The predicted octanol–water partition coefficient (Wildman–Crippen LogP) is 2.66. The number of halogens is 1. The van der Waals surface area contributed by atoms with E-state index in [0.29, 0.717) is 12.2 Å². The third-order valence-corrected chi connectivity index (χ3v) is 6.99. The summed E-state index contributed by atoms with van der Waals surface area (Å²) in [6, 6.07) is 7.70. The van der Waals surface area contributed by atoms with Crippen LogP contribution in [-0.4, -0.2) is 34.7 Å². The average Bonchev–Trinajstić information content (AvgIpc) is 3.01. The van der Waals surface area contributed by atoms with Gasteiger partial charge in [-0.25, -0.2) is 8.42 Å². The van der Waals surface area contributed by atoms with Crippen molar-refractivity contribution in [3.63, 3.8) is 0 Å². The van der Waals surface area contributed by atoms with Crippen molar-refractivity contribution >= 4 is 33.2 Å². The van der Waals surface area contributed by atoms with Crippen molar-refractivity contribution in [1.82, 2.24) is 14.8 Å². The van der Waals surface area contributed by atoms with Gasteiger partial charge in [0.2, 0.25) is 0 Å². The molecule has 1 aliphatic rings. The van der Waals surface area contributed by atoms with E-state index in [1.54, 1.807) is 11.8 Å². The molecule has 2 aromatic rings. The Balaban J connectivity index is 1.73. The monoisotopic (exact) mass is 357 g/mol. The first-order valence-electron chi connectivity index (χ1n) is 6.92. The summed E-state index contributed by atoms with van der Waals surface area (Å²) in [5.74, 6) is 1.83. The lowest BCUT2D eigenvalue weighted by Gasteiger charge is -2.08. The van der Waals surface area contributed by atoms with Crippen molar-refractivity contribution < 1.29 is 8.42 Å². The Morgan fingerprint density at radius 2 is 2.14 bits per heavy atom. The van der Waals surface area contributed by atoms with Crippen LogP contribution in [0.15, 0.2) is 29.4 Å². The Bertz CT molecular complexity index is 789. The Kier molecular flexibility index (Phi) is 4.47. The molecule has 22 heavy (non-hydrogen) atoms. The summed E-state index contributed by atoms with van der Waals surface area (Å²) in [5, 5.41) is 9.90.